The van der Waals surface area contributed by atoms with Crippen LogP contribution in [0.1, 0.15) is 19.3 Å². The molecule has 5 nitrogen and oxygen atoms in total. The molecule has 1 atom stereocenters. The second-order valence-electron chi connectivity index (χ2n) is 3.75. The smallest absolute Gasteiger partial charge is 0.317 e. The molecule has 2 amide bonds. The molecule has 15 heavy (non-hydrogen) atoms. The third-order valence-electron chi connectivity index (χ3n) is 2.65. The lowest BCUT2D eigenvalue weighted by atomic mass is 10.2. The van der Waals surface area contributed by atoms with E-state index in [4.69, 9.17) is 9.84 Å². The van der Waals surface area contributed by atoms with E-state index in [2.05, 4.69) is 5.32 Å². The van der Waals surface area contributed by atoms with Gasteiger partial charge in [-0.05, 0) is 19.3 Å². The van der Waals surface area contributed by atoms with E-state index in [1.807, 2.05) is 0 Å². The number of nitrogens with one attached hydrogen (secondary N) is 1. The zero-order valence-electron chi connectivity index (χ0n) is 9.24. The molecule has 0 saturated carbocycles. The molecule has 0 radical (unpaired) electrons. The lowest BCUT2D eigenvalue weighted by molar-refractivity contribution is 0.155. The minimum absolute atomic E-state index is 0.00688. The number of ether oxygens (including phenoxy) is 1. The average molecular weight is 216 g/mol. The number of urea groups is 1. The Morgan fingerprint density at radius 1 is 1.67 bits per heavy atom. The van der Waals surface area contributed by atoms with E-state index in [1.165, 1.54) is 0 Å². The van der Waals surface area contributed by atoms with Crippen molar-refractivity contribution in [2.45, 2.75) is 25.3 Å². The van der Waals surface area contributed by atoms with Gasteiger partial charge in [-0.3, -0.25) is 0 Å². The maximum atomic E-state index is 11.6. The van der Waals surface area contributed by atoms with Crippen LogP contribution >= 0.6 is 0 Å². The summed E-state index contributed by atoms with van der Waals surface area (Å²) in [5.41, 5.74) is 0. The zero-order valence-corrected chi connectivity index (χ0v) is 9.24. The second kappa shape index (κ2) is 6.63. The van der Waals surface area contributed by atoms with E-state index < -0.39 is 0 Å². The fraction of sp³-hybridized carbons (Fsp3) is 0.900. The topological polar surface area (TPSA) is 61.8 Å². The quantitative estimate of drug-likeness (QED) is 0.645. The van der Waals surface area contributed by atoms with Gasteiger partial charge in [0.25, 0.3) is 0 Å². The molecule has 0 aliphatic carbocycles. The van der Waals surface area contributed by atoms with Crippen molar-refractivity contribution >= 4 is 6.03 Å². The summed E-state index contributed by atoms with van der Waals surface area (Å²) in [5, 5.41) is 11.9. The Morgan fingerprint density at radius 2 is 2.47 bits per heavy atom. The molecule has 0 bridgehead atoms. The standard InChI is InChI=1S/C10H20N2O3/c1-15-7-3-5-11-10(14)12-6-2-4-9(12)8-13/h9,13H,2-8H2,1H3,(H,11,14)/t9-/m0/s1. The summed E-state index contributed by atoms with van der Waals surface area (Å²) in [6, 6.07) is -0.0601. The van der Waals surface area contributed by atoms with Gasteiger partial charge in [0, 0.05) is 26.8 Å². The van der Waals surface area contributed by atoms with Crippen molar-refractivity contribution in [2.75, 3.05) is 33.4 Å². The maximum absolute atomic E-state index is 11.6. The second-order valence-corrected chi connectivity index (χ2v) is 3.75. The molecule has 0 aromatic heterocycles. The highest BCUT2D eigenvalue weighted by Gasteiger charge is 2.27. The normalized spacial score (nSPS) is 20.7. The van der Waals surface area contributed by atoms with Gasteiger partial charge in [-0.25, -0.2) is 4.79 Å². The van der Waals surface area contributed by atoms with Crippen LogP contribution in [0.15, 0.2) is 0 Å². The number of carbonyl (C=O) groups is 1. The molecular formula is C10H20N2O3. The molecule has 1 rings (SSSR count). The Morgan fingerprint density at radius 3 is 3.13 bits per heavy atom. The molecule has 2 N–H and O–H groups in total. The van der Waals surface area contributed by atoms with E-state index >= 15 is 0 Å². The van der Waals surface area contributed by atoms with Crippen molar-refractivity contribution in [1.29, 1.82) is 0 Å². The Kier molecular flexibility index (Phi) is 5.42. The molecule has 1 aliphatic rings. The fourth-order valence-electron chi connectivity index (χ4n) is 1.81. The maximum Gasteiger partial charge on any atom is 0.317 e. The SMILES string of the molecule is COCCCNC(=O)N1CCC[C@H]1CO. The molecule has 0 aromatic rings. The van der Waals surface area contributed by atoms with Crippen LogP contribution in [0.25, 0.3) is 0 Å². The van der Waals surface area contributed by atoms with Gasteiger partial charge in [0.15, 0.2) is 0 Å². The van der Waals surface area contributed by atoms with E-state index in [0.717, 1.165) is 25.8 Å². The number of amides is 2. The summed E-state index contributed by atoms with van der Waals surface area (Å²) in [7, 11) is 1.64. The minimum atomic E-state index is -0.0670. The van der Waals surface area contributed by atoms with Crippen LogP contribution in [0.3, 0.4) is 0 Å². The van der Waals surface area contributed by atoms with Crippen molar-refractivity contribution in [3.63, 3.8) is 0 Å². The van der Waals surface area contributed by atoms with Gasteiger partial charge in [-0.15, -0.1) is 0 Å². The molecule has 1 aliphatic heterocycles. The molecule has 5 heteroatoms. The Labute approximate surface area is 90.4 Å². The third-order valence-corrected chi connectivity index (χ3v) is 2.65. The summed E-state index contributed by atoms with van der Waals surface area (Å²) in [6.45, 7) is 2.10. The van der Waals surface area contributed by atoms with Gasteiger partial charge in [0.05, 0.1) is 12.6 Å². The summed E-state index contributed by atoms with van der Waals surface area (Å²) in [6.07, 6.45) is 2.71. The largest absolute Gasteiger partial charge is 0.394 e. The average Bonchev–Trinajstić information content (AvgIpc) is 2.72. The van der Waals surface area contributed by atoms with Crippen LogP contribution in [-0.2, 0) is 4.74 Å². The van der Waals surface area contributed by atoms with Crippen LogP contribution in [0.4, 0.5) is 4.79 Å². The molecule has 0 aromatic carbocycles. The summed E-state index contributed by atoms with van der Waals surface area (Å²) >= 11 is 0. The van der Waals surface area contributed by atoms with E-state index in [-0.39, 0.29) is 18.7 Å². The molecule has 1 fully saturated rings. The van der Waals surface area contributed by atoms with Crippen molar-refractivity contribution < 1.29 is 14.6 Å². The number of aliphatic hydroxyl groups is 1. The lowest BCUT2D eigenvalue weighted by Gasteiger charge is -2.23. The van der Waals surface area contributed by atoms with Gasteiger partial charge < -0.3 is 20.1 Å². The summed E-state index contributed by atoms with van der Waals surface area (Å²) in [4.78, 5) is 13.4. The molecule has 0 unspecified atom stereocenters. The van der Waals surface area contributed by atoms with Crippen LogP contribution in [0.5, 0.6) is 0 Å². The molecule has 0 spiro atoms. The number of nitrogens with zero attached hydrogens (tertiary/aromatic N) is 1. The first-order valence-electron chi connectivity index (χ1n) is 5.44. The van der Waals surface area contributed by atoms with Gasteiger partial charge in [-0.1, -0.05) is 0 Å². The number of likely N-dealkylation sites (tertiary alicyclic amines) is 1. The predicted molar refractivity (Wildman–Crippen MR) is 56.7 cm³/mol. The van der Waals surface area contributed by atoms with Crippen LogP contribution in [-0.4, -0.2) is 55.5 Å². The zero-order chi connectivity index (χ0) is 11.1. The number of hydrogen-bond acceptors (Lipinski definition) is 3. The molecular weight excluding hydrogens is 196 g/mol. The number of aliphatic hydroxyl groups excluding tert-OH is 1. The van der Waals surface area contributed by atoms with Gasteiger partial charge >= 0.3 is 6.03 Å². The Balaban J connectivity index is 2.21. The number of methoxy groups -OCH3 is 1. The molecule has 1 heterocycles. The van der Waals surface area contributed by atoms with Crippen molar-refractivity contribution in [2.24, 2.45) is 0 Å². The number of carbonyl (C=O) groups excluding carboxylic acids is 1. The minimum Gasteiger partial charge on any atom is -0.394 e. The van der Waals surface area contributed by atoms with Gasteiger partial charge in [0.1, 0.15) is 0 Å². The predicted octanol–water partition coefficient (Wildman–Crippen LogP) is 0.189. The Hall–Kier alpha value is -0.810. The van der Waals surface area contributed by atoms with Crippen LogP contribution in [0, 0.1) is 0 Å². The van der Waals surface area contributed by atoms with Gasteiger partial charge in [0.2, 0.25) is 0 Å². The third kappa shape index (κ3) is 3.68. The Bertz CT molecular complexity index is 199. The van der Waals surface area contributed by atoms with E-state index in [9.17, 15) is 4.79 Å². The number of hydrogen-bond donors (Lipinski definition) is 2. The van der Waals surface area contributed by atoms with E-state index in [0.29, 0.717) is 13.2 Å². The lowest BCUT2D eigenvalue weighted by Crippen LogP contribution is -2.44. The highest BCUT2D eigenvalue weighted by atomic mass is 16.5. The number of rotatable bonds is 5. The van der Waals surface area contributed by atoms with Crippen LogP contribution < -0.4 is 5.32 Å². The fourth-order valence-corrected chi connectivity index (χ4v) is 1.81. The monoisotopic (exact) mass is 216 g/mol. The molecule has 88 valence electrons. The van der Waals surface area contributed by atoms with Crippen molar-refractivity contribution in [3.8, 4) is 0 Å². The first-order chi connectivity index (χ1) is 7.29. The van der Waals surface area contributed by atoms with Crippen molar-refractivity contribution in [3.05, 3.63) is 0 Å². The first kappa shape index (κ1) is 12.3. The highest BCUT2D eigenvalue weighted by molar-refractivity contribution is 5.74. The van der Waals surface area contributed by atoms with E-state index in [1.54, 1.807) is 12.0 Å². The van der Waals surface area contributed by atoms with Crippen LogP contribution in [0.2, 0.25) is 0 Å². The highest BCUT2D eigenvalue weighted by Crippen LogP contribution is 2.16. The summed E-state index contributed by atoms with van der Waals surface area (Å²) in [5.74, 6) is 0. The molecule has 1 saturated heterocycles. The first-order valence-corrected chi connectivity index (χ1v) is 5.44. The van der Waals surface area contributed by atoms with Crippen molar-refractivity contribution in [1.82, 2.24) is 10.2 Å². The van der Waals surface area contributed by atoms with Gasteiger partial charge in [-0.2, -0.15) is 0 Å². The summed E-state index contributed by atoms with van der Waals surface area (Å²) < 4.78 is 4.89.